The Morgan fingerprint density at radius 2 is 1.55 bits per heavy atom. The topological polar surface area (TPSA) is 20.2 Å². The van der Waals surface area contributed by atoms with Gasteiger partial charge in [0.25, 0.3) is 0 Å². The van der Waals surface area contributed by atoms with Crippen LogP contribution in [0.15, 0.2) is 12.2 Å². The summed E-state index contributed by atoms with van der Waals surface area (Å²) < 4.78 is 0. The first-order valence-corrected chi connectivity index (χ1v) is 4.11. The summed E-state index contributed by atoms with van der Waals surface area (Å²) in [5, 5.41) is 9.33. The molecule has 0 saturated heterocycles. The summed E-state index contributed by atoms with van der Waals surface area (Å²) in [6.45, 7) is 10.1. The normalized spacial score (nSPS) is 14.4. The van der Waals surface area contributed by atoms with Crippen molar-refractivity contribution >= 4 is 0 Å². The summed E-state index contributed by atoms with van der Waals surface area (Å²) in [6, 6.07) is 0. The molecule has 0 aliphatic carbocycles. The minimum absolute atomic E-state index is 0.321. The Bertz CT molecular complexity index is 132. The van der Waals surface area contributed by atoms with Crippen LogP contribution in [0.3, 0.4) is 0 Å². The van der Waals surface area contributed by atoms with Crippen LogP contribution in [0.5, 0.6) is 0 Å². The van der Waals surface area contributed by atoms with Gasteiger partial charge in [-0.3, -0.25) is 0 Å². The maximum atomic E-state index is 9.33. The van der Waals surface area contributed by atoms with Crippen LogP contribution in [-0.4, -0.2) is 10.7 Å². The molecule has 0 radical (unpaired) electrons. The van der Waals surface area contributed by atoms with Crippen molar-refractivity contribution in [1.82, 2.24) is 0 Å². The summed E-state index contributed by atoms with van der Waals surface area (Å²) in [7, 11) is 0. The van der Waals surface area contributed by atoms with E-state index in [2.05, 4.69) is 20.8 Å². The van der Waals surface area contributed by atoms with E-state index < -0.39 is 5.60 Å². The Morgan fingerprint density at radius 3 is 1.82 bits per heavy atom. The number of allylic oxidation sites excluding steroid dienone is 1. The molecule has 0 spiro atoms. The fraction of sp³-hybridized carbons (Fsp3) is 0.800. The highest BCUT2D eigenvalue weighted by atomic mass is 16.3. The van der Waals surface area contributed by atoms with E-state index in [-0.39, 0.29) is 0 Å². The zero-order valence-electron chi connectivity index (χ0n) is 8.31. The van der Waals surface area contributed by atoms with Gasteiger partial charge in [-0.05, 0) is 25.7 Å². The maximum Gasteiger partial charge on any atom is 0.0771 e. The van der Waals surface area contributed by atoms with Crippen LogP contribution in [-0.2, 0) is 0 Å². The second-order valence-corrected chi connectivity index (χ2v) is 4.82. The first-order chi connectivity index (χ1) is 4.71. The highest BCUT2D eigenvalue weighted by Gasteiger charge is 2.09. The average Bonchev–Trinajstić information content (AvgIpc) is 1.55. The summed E-state index contributed by atoms with van der Waals surface area (Å²) >= 11 is 0. The van der Waals surface area contributed by atoms with Crippen molar-refractivity contribution in [1.29, 1.82) is 0 Å². The fourth-order valence-corrected chi connectivity index (χ4v) is 0.701. The lowest BCUT2D eigenvalue weighted by Gasteiger charge is -2.16. The molecular formula is C10H20O. The third-order valence-corrected chi connectivity index (χ3v) is 1.26. The van der Waals surface area contributed by atoms with Crippen molar-refractivity contribution in [3.63, 3.8) is 0 Å². The predicted octanol–water partition coefficient (Wildman–Crippen LogP) is 2.75. The summed E-state index contributed by atoms with van der Waals surface area (Å²) in [6.07, 6.45) is 4.90. The minimum Gasteiger partial charge on any atom is -0.386 e. The van der Waals surface area contributed by atoms with Crippen molar-refractivity contribution in [3.05, 3.63) is 12.2 Å². The molecule has 0 heterocycles. The van der Waals surface area contributed by atoms with E-state index in [0.717, 1.165) is 6.42 Å². The molecular weight excluding hydrogens is 136 g/mol. The zero-order chi connectivity index (χ0) is 9.12. The third-order valence-electron chi connectivity index (χ3n) is 1.26. The van der Waals surface area contributed by atoms with Crippen molar-refractivity contribution in [2.75, 3.05) is 0 Å². The van der Waals surface area contributed by atoms with Crippen LogP contribution >= 0.6 is 0 Å². The first-order valence-electron chi connectivity index (χ1n) is 4.11. The predicted molar refractivity (Wildman–Crippen MR) is 49.5 cm³/mol. The van der Waals surface area contributed by atoms with Crippen LogP contribution in [0.2, 0.25) is 0 Å². The molecule has 0 aromatic heterocycles. The van der Waals surface area contributed by atoms with E-state index in [0.29, 0.717) is 5.41 Å². The molecule has 0 amide bonds. The lowest BCUT2D eigenvalue weighted by Crippen LogP contribution is -2.14. The fourth-order valence-electron chi connectivity index (χ4n) is 0.701. The van der Waals surface area contributed by atoms with Crippen molar-refractivity contribution < 1.29 is 5.11 Å². The molecule has 1 nitrogen and oxygen atoms in total. The van der Waals surface area contributed by atoms with Gasteiger partial charge in [-0.15, -0.1) is 0 Å². The Kier molecular flexibility index (Phi) is 3.30. The molecule has 0 bridgehead atoms. The maximum absolute atomic E-state index is 9.33. The highest BCUT2D eigenvalue weighted by Crippen LogP contribution is 2.19. The summed E-state index contributed by atoms with van der Waals surface area (Å²) in [5.74, 6) is 0. The van der Waals surface area contributed by atoms with Crippen LogP contribution < -0.4 is 0 Å². The van der Waals surface area contributed by atoms with E-state index in [9.17, 15) is 5.11 Å². The molecule has 66 valence electrons. The molecule has 0 rings (SSSR count). The summed E-state index contributed by atoms with van der Waals surface area (Å²) in [4.78, 5) is 0. The lowest BCUT2D eigenvalue weighted by atomic mass is 9.91. The van der Waals surface area contributed by atoms with Crippen molar-refractivity contribution in [2.45, 2.75) is 46.6 Å². The van der Waals surface area contributed by atoms with Gasteiger partial charge in [0.1, 0.15) is 0 Å². The second-order valence-electron chi connectivity index (χ2n) is 4.82. The van der Waals surface area contributed by atoms with Crippen LogP contribution in [0, 0.1) is 5.41 Å². The molecule has 11 heavy (non-hydrogen) atoms. The highest BCUT2D eigenvalue weighted by molar-refractivity contribution is 4.96. The van der Waals surface area contributed by atoms with Gasteiger partial charge in [-0.1, -0.05) is 32.9 Å². The molecule has 0 aromatic rings. The SMILES string of the molecule is CC(C)(O)/C=C/CC(C)(C)C. The van der Waals surface area contributed by atoms with Gasteiger partial charge in [0.15, 0.2) is 0 Å². The first kappa shape index (κ1) is 10.7. The quantitative estimate of drug-likeness (QED) is 0.609. The van der Waals surface area contributed by atoms with E-state index >= 15 is 0 Å². The number of rotatable bonds is 2. The van der Waals surface area contributed by atoms with E-state index in [4.69, 9.17) is 0 Å². The van der Waals surface area contributed by atoms with Gasteiger partial charge in [0.05, 0.1) is 5.60 Å². The molecule has 1 heteroatoms. The molecule has 0 atom stereocenters. The van der Waals surface area contributed by atoms with Gasteiger partial charge < -0.3 is 5.11 Å². The molecule has 0 aliphatic heterocycles. The van der Waals surface area contributed by atoms with Crippen LogP contribution in [0.25, 0.3) is 0 Å². The second kappa shape index (κ2) is 3.40. The van der Waals surface area contributed by atoms with Crippen LogP contribution in [0.4, 0.5) is 0 Å². The van der Waals surface area contributed by atoms with E-state index in [1.54, 1.807) is 13.8 Å². The molecule has 0 aromatic carbocycles. The van der Waals surface area contributed by atoms with Gasteiger partial charge in [-0.25, -0.2) is 0 Å². The third kappa shape index (κ3) is 9.70. The zero-order valence-corrected chi connectivity index (χ0v) is 8.31. The van der Waals surface area contributed by atoms with E-state index in [1.807, 2.05) is 12.2 Å². The Labute approximate surface area is 70.1 Å². The van der Waals surface area contributed by atoms with Crippen molar-refractivity contribution in [2.24, 2.45) is 5.41 Å². The Morgan fingerprint density at radius 1 is 1.09 bits per heavy atom. The molecule has 0 saturated carbocycles. The van der Waals surface area contributed by atoms with E-state index in [1.165, 1.54) is 0 Å². The van der Waals surface area contributed by atoms with Crippen molar-refractivity contribution in [3.8, 4) is 0 Å². The molecule has 1 N–H and O–H groups in total. The number of aliphatic hydroxyl groups is 1. The standard InChI is InChI=1S/C10H20O/c1-9(2,3)7-6-8-10(4,5)11/h6,8,11H,7H2,1-5H3/b8-6+. The molecule has 0 fully saturated rings. The smallest absolute Gasteiger partial charge is 0.0771 e. The minimum atomic E-state index is -0.661. The van der Waals surface area contributed by atoms with Gasteiger partial charge in [-0.2, -0.15) is 0 Å². The number of hydrogen-bond donors (Lipinski definition) is 1. The van der Waals surface area contributed by atoms with Crippen LogP contribution in [0.1, 0.15) is 41.0 Å². The molecule has 0 unspecified atom stereocenters. The largest absolute Gasteiger partial charge is 0.386 e. The number of hydrogen-bond acceptors (Lipinski definition) is 1. The average molecular weight is 156 g/mol. The lowest BCUT2D eigenvalue weighted by molar-refractivity contribution is 0.132. The Balaban J connectivity index is 3.80. The van der Waals surface area contributed by atoms with Gasteiger partial charge in [0.2, 0.25) is 0 Å². The van der Waals surface area contributed by atoms with Gasteiger partial charge in [0, 0.05) is 0 Å². The van der Waals surface area contributed by atoms with Gasteiger partial charge >= 0.3 is 0 Å². The molecule has 0 aliphatic rings. The monoisotopic (exact) mass is 156 g/mol. The Hall–Kier alpha value is -0.300. The summed E-state index contributed by atoms with van der Waals surface area (Å²) in [5.41, 5.74) is -0.340.